The third kappa shape index (κ3) is 5.45. The Morgan fingerprint density at radius 1 is 1.07 bits per heavy atom. The fourth-order valence-corrected chi connectivity index (χ4v) is 3.89. The zero-order valence-electron chi connectivity index (χ0n) is 17.2. The predicted octanol–water partition coefficient (Wildman–Crippen LogP) is 3.56. The molecule has 29 heavy (non-hydrogen) atoms. The fraction of sp³-hybridized carbons (Fsp3) is 0.417. The standard InChI is InChI=1S/C24H30N2O3/c1-3-29-24(28)21-15-10-16-26(17-21)18(2)23(27)25-22(19-11-6-4-7-12-19)20-13-8-5-9-14-20/h4-9,11-14,18,21-22H,3,10,15-17H2,1-2H3,(H,25,27)/t18-,21-/m0/s1. The summed E-state index contributed by atoms with van der Waals surface area (Å²) in [7, 11) is 0. The van der Waals surface area contributed by atoms with Crippen LogP contribution in [-0.2, 0) is 14.3 Å². The second kappa shape index (κ2) is 10.2. The quantitative estimate of drug-likeness (QED) is 0.730. The highest BCUT2D eigenvalue weighted by atomic mass is 16.5. The van der Waals surface area contributed by atoms with E-state index in [0.29, 0.717) is 13.2 Å². The molecule has 0 aromatic heterocycles. The van der Waals surface area contributed by atoms with Gasteiger partial charge in [-0.05, 0) is 44.4 Å². The lowest BCUT2D eigenvalue weighted by Crippen LogP contribution is -2.51. The SMILES string of the molecule is CCOC(=O)[C@H]1CCCN([C@@H](C)C(=O)NC(c2ccccc2)c2ccccc2)C1. The first-order chi connectivity index (χ1) is 14.1. The summed E-state index contributed by atoms with van der Waals surface area (Å²) in [5.41, 5.74) is 2.09. The monoisotopic (exact) mass is 394 g/mol. The predicted molar refractivity (Wildman–Crippen MR) is 113 cm³/mol. The van der Waals surface area contributed by atoms with Crippen molar-refractivity contribution in [1.82, 2.24) is 10.2 Å². The first-order valence-electron chi connectivity index (χ1n) is 10.4. The van der Waals surface area contributed by atoms with Gasteiger partial charge < -0.3 is 10.1 Å². The summed E-state index contributed by atoms with van der Waals surface area (Å²) in [5, 5.41) is 3.22. The second-order valence-electron chi connectivity index (χ2n) is 7.53. The van der Waals surface area contributed by atoms with Crippen molar-refractivity contribution >= 4 is 11.9 Å². The lowest BCUT2D eigenvalue weighted by molar-refractivity contribution is -0.151. The summed E-state index contributed by atoms with van der Waals surface area (Å²) in [6.07, 6.45) is 1.71. The van der Waals surface area contributed by atoms with E-state index in [1.807, 2.05) is 74.5 Å². The van der Waals surface area contributed by atoms with E-state index < -0.39 is 0 Å². The number of nitrogens with one attached hydrogen (secondary N) is 1. The van der Waals surface area contributed by atoms with E-state index in [4.69, 9.17) is 4.74 Å². The Balaban J connectivity index is 1.71. The minimum Gasteiger partial charge on any atom is -0.466 e. The molecule has 1 saturated heterocycles. The minimum absolute atomic E-state index is 0.0350. The lowest BCUT2D eigenvalue weighted by Gasteiger charge is -2.35. The average Bonchev–Trinajstić information content (AvgIpc) is 2.78. The zero-order valence-corrected chi connectivity index (χ0v) is 17.2. The van der Waals surface area contributed by atoms with Crippen molar-refractivity contribution in [2.75, 3.05) is 19.7 Å². The molecule has 3 rings (SSSR count). The summed E-state index contributed by atoms with van der Waals surface area (Å²) in [5.74, 6) is -0.346. The molecule has 1 fully saturated rings. The Bertz CT molecular complexity index is 755. The van der Waals surface area contributed by atoms with Crippen molar-refractivity contribution in [3.05, 3.63) is 71.8 Å². The van der Waals surface area contributed by atoms with Crippen LogP contribution in [-0.4, -0.2) is 42.5 Å². The maximum absolute atomic E-state index is 13.1. The molecule has 0 radical (unpaired) electrons. The van der Waals surface area contributed by atoms with Gasteiger partial charge in [0.1, 0.15) is 0 Å². The number of carbonyl (C=O) groups is 2. The topological polar surface area (TPSA) is 58.6 Å². The normalized spacial score (nSPS) is 18.2. The van der Waals surface area contributed by atoms with Gasteiger partial charge in [-0.2, -0.15) is 0 Å². The summed E-state index contributed by atoms with van der Waals surface area (Å²) < 4.78 is 5.18. The maximum Gasteiger partial charge on any atom is 0.310 e. The Morgan fingerprint density at radius 2 is 1.66 bits per heavy atom. The van der Waals surface area contributed by atoms with E-state index in [2.05, 4.69) is 10.2 Å². The van der Waals surface area contributed by atoms with Crippen molar-refractivity contribution in [2.24, 2.45) is 5.92 Å². The number of piperidine rings is 1. The number of amides is 1. The molecule has 0 aliphatic carbocycles. The molecule has 1 N–H and O–H groups in total. The van der Waals surface area contributed by atoms with Gasteiger partial charge in [0.2, 0.25) is 5.91 Å². The molecule has 5 nitrogen and oxygen atoms in total. The molecule has 1 amide bonds. The van der Waals surface area contributed by atoms with Crippen LogP contribution in [0.5, 0.6) is 0 Å². The molecule has 5 heteroatoms. The average molecular weight is 395 g/mol. The molecule has 1 aliphatic heterocycles. The highest BCUT2D eigenvalue weighted by Crippen LogP contribution is 2.24. The van der Waals surface area contributed by atoms with Crippen LogP contribution in [0.25, 0.3) is 0 Å². The van der Waals surface area contributed by atoms with E-state index in [-0.39, 0.29) is 29.9 Å². The number of nitrogens with zero attached hydrogens (tertiary/aromatic N) is 1. The van der Waals surface area contributed by atoms with Gasteiger partial charge in [0.15, 0.2) is 0 Å². The fourth-order valence-electron chi connectivity index (χ4n) is 3.89. The van der Waals surface area contributed by atoms with E-state index in [0.717, 1.165) is 30.5 Å². The van der Waals surface area contributed by atoms with Crippen LogP contribution in [0.1, 0.15) is 43.9 Å². The summed E-state index contributed by atoms with van der Waals surface area (Å²) in [6, 6.07) is 19.5. The third-order valence-corrected chi connectivity index (χ3v) is 5.55. The molecular weight excluding hydrogens is 364 g/mol. The Hall–Kier alpha value is -2.66. The number of esters is 1. The molecular formula is C24H30N2O3. The third-order valence-electron chi connectivity index (χ3n) is 5.55. The van der Waals surface area contributed by atoms with Gasteiger partial charge in [0, 0.05) is 6.54 Å². The summed E-state index contributed by atoms with van der Waals surface area (Å²) in [4.78, 5) is 27.4. The molecule has 0 saturated carbocycles. The number of carbonyl (C=O) groups excluding carboxylic acids is 2. The molecule has 0 unspecified atom stereocenters. The second-order valence-corrected chi connectivity index (χ2v) is 7.53. The number of likely N-dealkylation sites (tertiary alicyclic amines) is 1. The molecule has 1 aliphatic rings. The highest BCUT2D eigenvalue weighted by Gasteiger charge is 2.32. The van der Waals surface area contributed by atoms with E-state index in [9.17, 15) is 9.59 Å². The van der Waals surface area contributed by atoms with Crippen LogP contribution in [0.4, 0.5) is 0 Å². The van der Waals surface area contributed by atoms with Crippen LogP contribution < -0.4 is 5.32 Å². The first kappa shape index (κ1) is 21.1. The Morgan fingerprint density at radius 3 is 2.21 bits per heavy atom. The highest BCUT2D eigenvalue weighted by molar-refractivity contribution is 5.82. The number of ether oxygens (including phenoxy) is 1. The van der Waals surface area contributed by atoms with Crippen molar-refractivity contribution in [3.8, 4) is 0 Å². The van der Waals surface area contributed by atoms with Crippen molar-refractivity contribution in [3.63, 3.8) is 0 Å². The smallest absolute Gasteiger partial charge is 0.310 e. The molecule has 2 aromatic rings. The summed E-state index contributed by atoms with van der Waals surface area (Å²) >= 11 is 0. The first-order valence-corrected chi connectivity index (χ1v) is 10.4. The van der Waals surface area contributed by atoms with Crippen molar-refractivity contribution in [2.45, 2.75) is 38.8 Å². The van der Waals surface area contributed by atoms with Gasteiger partial charge in [-0.15, -0.1) is 0 Å². The minimum atomic E-state index is -0.317. The van der Waals surface area contributed by atoms with E-state index in [1.54, 1.807) is 0 Å². The van der Waals surface area contributed by atoms with Crippen LogP contribution in [0.2, 0.25) is 0 Å². The molecule has 0 bridgehead atoms. The van der Waals surface area contributed by atoms with Crippen molar-refractivity contribution in [1.29, 1.82) is 0 Å². The van der Waals surface area contributed by atoms with Crippen LogP contribution in [0.15, 0.2) is 60.7 Å². The maximum atomic E-state index is 13.1. The van der Waals surface area contributed by atoms with Gasteiger partial charge >= 0.3 is 5.97 Å². The Kier molecular flexibility index (Phi) is 7.42. The Labute approximate surface area is 173 Å². The van der Waals surface area contributed by atoms with Crippen molar-refractivity contribution < 1.29 is 14.3 Å². The van der Waals surface area contributed by atoms with Gasteiger partial charge in [-0.3, -0.25) is 14.5 Å². The summed E-state index contributed by atoms with van der Waals surface area (Å²) in [6.45, 7) is 5.50. The van der Waals surface area contributed by atoms with E-state index in [1.165, 1.54) is 0 Å². The van der Waals surface area contributed by atoms with E-state index >= 15 is 0 Å². The number of rotatable bonds is 7. The lowest BCUT2D eigenvalue weighted by atomic mass is 9.96. The zero-order chi connectivity index (χ0) is 20.6. The number of hydrogen-bond acceptors (Lipinski definition) is 4. The van der Waals surface area contributed by atoms with Crippen LogP contribution in [0, 0.1) is 5.92 Å². The van der Waals surface area contributed by atoms with Crippen LogP contribution >= 0.6 is 0 Å². The van der Waals surface area contributed by atoms with Gasteiger partial charge in [-0.1, -0.05) is 60.7 Å². The molecule has 0 spiro atoms. The molecule has 2 atom stereocenters. The number of hydrogen-bond donors (Lipinski definition) is 1. The van der Waals surface area contributed by atoms with Gasteiger partial charge in [0.05, 0.1) is 24.6 Å². The van der Waals surface area contributed by atoms with Crippen LogP contribution in [0.3, 0.4) is 0 Å². The van der Waals surface area contributed by atoms with Gasteiger partial charge in [-0.25, -0.2) is 0 Å². The van der Waals surface area contributed by atoms with Gasteiger partial charge in [0.25, 0.3) is 0 Å². The molecule has 2 aromatic carbocycles. The largest absolute Gasteiger partial charge is 0.466 e. The number of benzene rings is 2. The molecule has 154 valence electrons. The molecule has 1 heterocycles.